The van der Waals surface area contributed by atoms with Crippen LogP contribution in [-0.2, 0) is 19.3 Å². The molecule has 0 aliphatic rings. The molecule has 5 nitrogen and oxygen atoms in total. The van der Waals surface area contributed by atoms with Crippen LogP contribution in [0.3, 0.4) is 0 Å². The van der Waals surface area contributed by atoms with E-state index < -0.39 is 17.8 Å². The molecule has 26 heavy (non-hydrogen) atoms. The van der Waals surface area contributed by atoms with Crippen LogP contribution in [0.2, 0.25) is 0 Å². The van der Waals surface area contributed by atoms with Crippen molar-refractivity contribution in [2.24, 2.45) is 0 Å². The molecule has 0 bridgehead atoms. The van der Waals surface area contributed by atoms with E-state index >= 15 is 0 Å². The zero-order chi connectivity index (χ0) is 19.2. The summed E-state index contributed by atoms with van der Waals surface area (Å²) in [5.74, 6) is 0.712. The van der Waals surface area contributed by atoms with Gasteiger partial charge in [-0.2, -0.15) is 13.2 Å². The second-order valence-electron chi connectivity index (χ2n) is 5.37. The Bertz CT molecular complexity index is 764. The summed E-state index contributed by atoms with van der Waals surface area (Å²) in [4.78, 5) is 11.9. The highest BCUT2D eigenvalue weighted by molar-refractivity contribution is 5.74. The molecule has 0 saturated heterocycles. The van der Waals surface area contributed by atoms with E-state index in [1.807, 2.05) is 0 Å². The molecular weight excluding hydrogens is 349 g/mol. The number of carbonyl (C=O) groups excluding carboxylic acids is 1. The zero-order valence-corrected chi connectivity index (χ0v) is 14.3. The number of alkyl halides is 3. The fourth-order valence-electron chi connectivity index (χ4n) is 2.36. The number of hydrogen-bond donors (Lipinski definition) is 2. The summed E-state index contributed by atoms with van der Waals surface area (Å²) in [5, 5.41) is 5.01. The number of rotatable bonds is 6. The van der Waals surface area contributed by atoms with Gasteiger partial charge < -0.3 is 20.1 Å². The molecule has 0 fully saturated rings. The van der Waals surface area contributed by atoms with Gasteiger partial charge in [-0.1, -0.05) is 24.3 Å². The Labute approximate surface area is 149 Å². The predicted molar refractivity (Wildman–Crippen MR) is 90.1 cm³/mol. The summed E-state index contributed by atoms with van der Waals surface area (Å²) in [7, 11) is 2.81. The summed E-state index contributed by atoms with van der Waals surface area (Å²) in [5.41, 5.74) is -0.141. The molecule has 0 unspecified atom stereocenters. The standard InChI is InChI=1S/C18H19F3N2O3/c1-25-14-8-7-12(15(9-14)18(19,20)21)10-22-17(24)23-11-13-5-3-4-6-16(13)26-2/h3-9H,10-11H2,1-2H3,(H2,22,23,24). The number of halogens is 3. The van der Waals surface area contributed by atoms with Crippen molar-refractivity contribution in [3.05, 3.63) is 59.2 Å². The van der Waals surface area contributed by atoms with Crippen molar-refractivity contribution < 1.29 is 27.4 Å². The highest BCUT2D eigenvalue weighted by atomic mass is 19.4. The van der Waals surface area contributed by atoms with Gasteiger partial charge in [0.15, 0.2) is 0 Å². The number of methoxy groups -OCH3 is 2. The lowest BCUT2D eigenvalue weighted by atomic mass is 10.1. The summed E-state index contributed by atoms with van der Waals surface area (Å²) < 4.78 is 49.4. The van der Waals surface area contributed by atoms with Gasteiger partial charge in [0.05, 0.1) is 19.8 Å². The molecule has 0 heterocycles. The first-order valence-corrected chi connectivity index (χ1v) is 7.73. The number of carbonyl (C=O) groups is 1. The van der Waals surface area contributed by atoms with E-state index in [9.17, 15) is 18.0 Å². The Morgan fingerprint density at radius 3 is 2.23 bits per heavy atom. The van der Waals surface area contributed by atoms with Gasteiger partial charge in [-0.15, -0.1) is 0 Å². The highest BCUT2D eigenvalue weighted by Gasteiger charge is 2.33. The first kappa shape index (κ1) is 19.4. The van der Waals surface area contributed by atoms with Gasteiger partial charge in [0.25, 0.3) is 0 Å². The largest absolute Gasteiger partial charge is 0.497 e. The van der Waals surface area contributed by atoms with Crippen LogP contribution in [0.5, 0.6) is 11.5 Å². The number of amides is 2. The van der Waals surface area contributed by atoms with Crippen molar-refractivity contribution in [2.75, 3.05) is 14.2 Å². The lowest BCUT2D eigenvalue weighted by Crippen LogP contribution is -2.35. The molecule has 0 radical (unpaired) electrons. The molecule has 8 heteroatoms. The van der Waals surface area contributed by atoms with Crippen LogP contribution in [0.15, 0.2) is 42.5 Å². The maximum absolute atomic E-state index is 13.1. The summed E-state index contributed by atoms with van der Waals surface area (Å²) >= 11 is 0. The average molecular weight is 368 g/mol. The first-order valence-electron chi connectivity index (χ1n) is 7.73. The Kier molecular flexibility index (Phi) is 6.32. The van der Waals surface area contributed by atoms with Gasteiger partial charge in [0.1, 0.15) is 11.5 Å². The van der Waals surface area contributed by atoms with E-state index in [2.05, 4.69) is 10.6 Å². The molecule has 2 rings (SSSR count). The maximum Gasteiger partial charge on any atom is 0.416 e. The molecule has 0 aliphatic carbocycles. The maximum atomic E-state index is 13.1. The second-order valence-corrected chi connectivity index (χ2v) is 5.37. The molecule has 140 valence electrons. The van der Waals surface area contributed by atoms with Crippen LogP contribution in [0.4, 0.5) is 18.0 Å². The third-order valence-corrected chi connectivity index (χ3v) is 3.69. The lowest BCUT2D eigenvalue weighted by Gasteiger charge is -2.15. The van der Waals surface area contributed by atoms with E-state index in [1.165, 1.54) is 26.4 Å². The first-order chi connectivity index (χ1) is 12.3. The number of hydrogen-bond acceptors (Lipinski definition) is 3. The number of nitrogens with one attached hydrogen (secondary N) is 2. The lowest BCUT2D eigenvalue weighted by molar-refractivity contribution is -0.138. The van der Waals surface area contributed by atoms with Gasteiger partial charge in [0, 0.05) is 18.7 Å². The van der Waals surface area contributed by atoms with Crippen molar-refractivity contribution in [3.63, 3.8) is 0 Å². The molecule has 0 saturated carbocycles. The molecule has 2 aromatic carbocycles. The van der Waals surface area contributed by atoms with Crippen LogP contribution >= 0.6 is 0 Å². The normalized spacial score (nSPS) is 11.0. The Morgan fingerprint density at radius 2 is 1.62 bits per heavy atom. The smallest absolute Gasteiger partial charge is 0.416 e. The third kappa shape index (κ3) is 5.05. The molecule has 0 spiro atoms. The van der Waals surface area contributed by atoms with E-state index in [0.29, 0.717) is 5.75 Å². The van der Waals surface area contributed by atoms with Gasteiger partial charge in [-0.25, -0.2) is 4.79 Å². The minimum Gasteiger partial charge on any atom is -0.497 e. The van der Waals surface area contributed by atoms with E-state index in [0.717, 1.165) is 11.6 Å². The minimum absolute atomic E-state index is 0.0502. The second kappa shape index (κ2) is 8.46. The molecule has 2 N–H and O–H groups in total. The molecule has 2 amide bonds. The van der Waals surface area contributed by atoms with Gasteiger partial charge in [0.2, 0.25) is 0 Å². The predicted octanol–water partition coefficient (Wildman–Crippen LogP) is 3.72. The monoisotopic (exact) mass is 368 g/mol. The number of urea groups is 1. The van der Waals surface area contributed by atoms with Crippen molar-refractivity contribution in [3.8, 4) is 11.5 Å². The quantitative estimate of drug-likeness (QED) is 0.817. The molecular formula is C18H19F3N2O3. The molecule has 0 aromatic heterocycles. The van der Waals surface area contributed by atoms with Crippen LogP contribution in [0.25, 0.3) is 0 Å². The minimum atomic E-state index is -4.54. The fourth-order valence-corrected chi connectivity index (χ4v) is 2.36. The van der Waals surface area contributed by atoms with Crippen LogP contribution in [-0.4, -0.2) is 20.3 Å². The van der Waals surface area contributed by atoms with Crippen LogP contribution in [0.1, 0.15) is 16.7 Å². The van der Waals surface area contributed by atoms with E-state index in [1.54, 1.807) is 24.3 Å². The van der Waals surface area contributed by atoms with Crippen molar-refractivity contribution in [1.29, 1.82) is 0 Å². The Hall–Kier alpha value is -2.90. The van der Waals surface area contributed by atoms with Crippen molar-refractivity contribution in [2.45, 2.75) is 19.3 Å². The van der Waals surface area contributed by atoms with Crippen molar-refractivity contribution >= 4 is 6.03 Å². The summed E-state index contributed by atoms with van der Waals surface area (Å²) in [6, 6.07) is 10.1. The fraction of sp³-hybridized carbons (Fsp3) is 0.278. The number of para-hydroxylation sites is 1. The molecule has 2 aromatic rings. The van der Waals surface area contributed by atoms with Crippen molar-refractivity contribution in [1.82, 2.24) is 10.6 Å². The molecule has 0 atom stereocenters. The van der Waals surface area contributed by atoms with Gasteiger partial charge in [-0.05, 0) is 23.8 Å². The van der Waals surface area contributed by atoms with Gasteiger partial charge in [-0.3, -0.25) is 0 Å². The number of benzene rings is 2. The topological polar surface area (TPSA) is 59.6 Å². The molecule has 0 aliphatic heterocycles. The van der Waals surface area contributed by atoms with Crippen LogP contribution < -0.4 is 20.1 Å². The average Bonchev–Trinajstić information content (AvgIpc) is 2.64. The number of ether oxygens (including phenoxy) is 2. The zero-order valence-electron chi connectivity index (χ0n) is 14.3. The summed E-state index contributed by atoms with van der Waals surface area (Å²) in [6.45, 7) is -0.0822. The highest BCUT2D eigenvalue weighted by Crippen LogP contribution is 2.34. The Morgan fingerprint density at radius 1 is 0.962 bits per heavy atom. The third-order valence-electron chi connectivity index (χ3n) is 3.69. The van der Waals surface area contributed by atoms with E-state index in [4.69, 9.17) is 9.47 Å². The van der Waals surface area contributed by atoms with Gasteiger partial charge >= 0.3 is 12.2 Å². The summed E-state index contributed by atoms with van der Waals surface area (Å²) in [6.07, 6.45) is -4.54. The Balaban J connectivity index is 1.99. The van der Waals surface area contributed by atoms with E-state index in [-0.39, 0.29) is 24.4 Å². The SMILES string of the molecule is COc1ccc(CNC(=O)NCc2ccccc2OC)c(C(F)(F)F)c1. The van der Waals surface area contributed by atoms with Crippen LogP contribution in [0, 0.1) is 0 Å².